The van der Waals surface area contributed by atoms with Gasteiger partial charge >= 0.3 is 0 Å². The number of aromatic nitrogens is 1. The molecule has 1 heterocycles. The monoisotopic (exact) mass is 241 g/mol. The first-order valence-corrected chi connectivity index (χ1v) is 5.34. The van der Waals surface area contributed by atoms with Crippen LogP contribution >= 0.6 is 0 Å². The first kappa shape index (κ1) is 11.9. The molecule has 0 bridgehead atoms. The number of nitrogens with zero attached hydrogens (tertiary/aromatic N) is 2. The fourth-order valence-corrected chi connectivity index (χ4v) is 1.58. The fourth-order valence-electron chi connectivity index (χ4n) is 1.58. The summed E-state index contributed by atoms with van der Waals surface area (Å²) in [5.74, 6) is 0.224. The van der Waals surface area contributed by atoms with Gasteiger partial charge < -0.3 is 10.1 Å². The minimum absolute atomic E-state index is 0.154. The lowest BCUT2D eigenvalue weighted by molar-refractivity contribution is -0.115. The Morgan fingerprint density at radius 2 is 2.28 bits per heavy atom. The number of ether oxygens (including phenoxy) is 1. The highest BCUT2D eigenvalue weighted by Gasteiger charge is 2.03. The molecule has 1 aromatic carbocycles. The first-order chi connectivity index (χ1) is 8.72. The van der Waals surface area contributed by atoms with Gasteiger partial charge in [-0.05, 0) is 24.3 Å². The molecule has 0 aliphatic carbocycles. The molecule has 1 N–H and O–H groups in total. The number of carbonyl (C=O) groups excluding carboxylic acids is 1. The van der Waals surface area contributed by atoms with Gasteiger partial charge in [0.25, 0.3) is 0 Å². The van der Waals surface area contributed by atoms with Crippen molar-refractivity contribution in [2.75, 3.05) is 12.4 Å². The minimum atomic E-state index is -0.321. The predicted molar refractivity (Wildman–Crippen MR) is 67.2 cm³/mol. The zero-order valence-corrected chi connectivity index (χ0v) is 9.80. The highest BCUT2D eigenvalue weighted by molar-refractivity contribution is 5.94. The summed E-state index contributed by atoms with van der Waals surface area (Å²) in [6.07, 6.45) is -0.154. The molecule has 0 saturated carbocycles. The van der Waals surface area contributed by atoms with Crippen LogP contribution in [0.25, 0.3) is 10.9 Å². The van der Waals surface area contributed by atoms with E-state index in [2.05, 4.69) is 10.3 Å². The van der Waals surface area contributed by atoms with Crippen LogP contribution in [0.5, 0.6) is 5.88 Å². The normalized spacial score (nSPS) is 9.78. The number of nitrogens with one attached hydrogen (secondary N) is 1. The van der Waals surface area contributed by atoms with E-state index in [0.29, 0.717) is 11.6 Å². The van der Waals surface area contributed by atoms with Crippen LogP contribution in [-0.2, 0) is 4.79 Å². The molecule has 5 nitrogen and oxygen atoms in total. The lowest BCUT2D eigenvalue weighted by atomic mass is 10.2. The van der Waals surface area contributed by atoms with E-state index in [0.717, 1.165) is 10.9 Å². The molecule has 2 rings (SSSR count). The molecule has 0 fully saturated rings. The van der Waals surface area contributed by atoms with Gasteiger partial charge in [0.1, 0.15) is 6.42 Å². The third kappa shape index (κ3) is 2.55. The molecule has 2 aromatic rings. The quantitative estimate of drug-likeness (QED) is 0.892. The molecule has 0 saturated heterocycles. The highest BCUT2D eigenvalue weighted by atomic mass is 16.5. The maximum atomic E-state index is 11.3. The molecular formula is C13H11N3O2. The van der Waals surface area contributed by atoms with Crippen molar-refractivity contribution in [3.63, 3.8) is 0 Å². The average molecular weight is 241 g/mol. The Labute approximate surface area is 104 Å². The van der Waals surface area contributed by atoms with Crippen LogP contribution in [0.3, 0.4) is 0 Å². The van der Waals surface area contributed by atoms with E-state index in [1.165, 1.54) is 0 Å². The van der Waals surface area contributed by atoms with E-state index >= 15 is 0 Å². The number of pyridine rings is 1. The van der Waals surface area contributed by atoms with Gasteiger partial charge in [-0.15, -0.1) is 0 Å². The number of methoxy groups -OCH3 is 1. The topological polar surface area (TPSA) is 75.0 Å². The fraction of sp³-hybridized carbons (Fsp3) is 0.154. The number of nitriles is 1. The Balaban J connectivity index is 2.28. The summed E-state index contributed by atoms with van der Waals surface area (Å²) in [5, 5.41) is 11.9. The summed E-state index contributed by atoms with van der Waals surface area (Å²) in [6.45, 7) is 0. The lowest BCUT2D eigenvalue weighted by Crippen LogP contribution is -2.09. The standard InChI is InChI=1S/C13H11N3O2/c1-18-13-5-2-9-8-10(3-4-11(9)16-13)15-12(17)6-7-14/h2-5,8H,6H2,1H3,(H,15,17). The predicted octanol–water partition coefficient (Wildman–Crippen LogP) is 2.10. The molecule has 0 aliphatic rings. The van der Waals surface area contributed by atoms with Gasteiger partial charge in [0.15, 0.2) is 0 Å². The Morgan fingerprint density at radius 1 is 1.44 bits per heavy atom. The lowest BCUT2D eigenvalue weighted by Gasteiger charge is -2.05. The number of hydrogen-bond acceptors (Lipinski definition) is 4. The number of hydrogen-bond donors (Lipinski definition) is 1. The molecule has 0 atom stereocenters. The molecule has 90 valence electrons. The van der Waals surface area contributed by atoms with E-state index in [1.807, 2.05) is 6.07 Å². The number of fused-ring (bicyclic) bond motifs is 1. The second-order valence-corrected chi connectivity index (χ2v) is 3.64. The highest BCUT2D eigenvalue weighted by Crippen LogP contribution is 2.20. The molecule has 0 spiro atoms. The number of anilines is 1. The summed E-state index contributed by atoms with van der Waals surface area (Å²) >= 11 is 0. The van der Waals surface area contributed by atoms with Crippen molar-refractivity contribution in [1.82, 2.24) is 4.98 Å². The smallest absolute Gasteiger partial charge is 0.238 e. The number of amides is 1. The first-order valence-electron chi connectivity index (χ1n) is 5.34. The van der Waals surface area contributed by atoms with E-state index in [9.17, 15) is 4.79 Å². The summed E-state index contributed by atoms with van der Waals surface area (Å²) in [7, 11) is 1.56. The van der Waals surface area contributed by atoms with Crippen LogP contribution in [0, 0.1) is 11.3 Å². The zero-order valence-electron chi connectivity index (χ0n) is 9.80. The van der Waals surface area contributed by atoms with E-state index in [-0.39, 0.29) is 12.3 Å². The SMILES string of the molecule is COc1ccc2cc(NC(=O)CC#N)ccc2n1. The molecule has 0 radical (unpaired) electrons. The average Bonchev–Trinajstić information content (AvgIpc) is 2.38. The van der Waals surface area contributed by atoms with Crippen molar-refractivity contribution in [1.29, 1.82) is 5.26 Å². The largest absolute Gasteiger partial charge is 0.481 e. The zero-order chi connectivity index (χ0) is 13.0. The Hall–Kier alpha value is -2.61. The second-order valence-electron chi connectivity index (χ2n) is 3.64. The number of benzene rings is 1. The van der Waals surface area contributed by atoms with Crippen LogP contribution in [0.15, 0.2) is 30.3 Å². The molecule has 0 aliphatic heterocycles. The van der Waals surface area contributed by atoms with E-state index < -0.39 is 0 Å². The van der Waals surface area contributed by atoms with Crippen molar-refractivity contribution >= 4 is 22.5 Å². The second kappa shape index (κ2) is 5.15. The minimum Gasteiger partial charge on any atom is -0.481 e. The molecule has 18 heavy (non-hydrogen) atoms. The summed E-state index contributed by atoms with van der Waals surface area (Å²) in [4.78, 5) is 15.5. The van der Waals surface area contributed by atoms with Crippen molar-refractivity contribution in [3.05, 3.63) is 30.3 Å². The van der Waals surface area contributed by atoms with Crippen molar-refractivity contribution < 1.29 is 9.53 Å². The summed E-state index contributed by atoms with van der Waals surface area (Å²) < 4.78 is 5.03. The van der Waals surface area contributed by atoms with Crippen LogP contribution < -0.4 is 10.1 Å². The number of rotatable bonds is 3. The summed E-state index contributed by atoms with van der Waals surface area (Å²) in [5.41, 5.74) is 1.43. The van der Waals surface area contributed by atoms with Crippen molar-refractivity contribution in [3.8, 4) is 11.9 Å². The number of carbonyl (C=O) groups is 1. The van der Waals surface area contributed by atoms with Gasteiger partial charge in [-0.3, -0.25) is 4.79 Å². The van der Waals surface area contributed by atoms with Crippen LogP contribution in [0.1, 0.15) is 6.42 Å². The van der Waals surface area contributed by atoms with Crippen molar-refractivity contribution in [2.24, 2.45) is 0 Å². The third-order valence-electron chi connectivity index (χ3n) is 2.40. The van der Waals surface area contributed by atoms with Crippen molar-refractivity contribution in [2.45, 2.75) is 6.42 Å². The van der Waals surface area contributed by atoms with Gasteiger partial charge in [-0.1, -0.05) is 0 Å². The maximum Gasteiger partial charge on any atom is 0.238 e. The van der Waals surface area contributed by atoms with Gasteiger partial charge in [0.2, 0.25) is 11.8 Å². The van der Waals surface area contributed by atoms with Crippen LogP contribution in [0.2, 0.25) is 0 Å². The Bertz CT molecular complexity index is 632. The molecular weight excluding hydrogens is 230 g/mol. The van der Waals surface area contributed by atoms with Gasteiger partial charge in [-0.25, -0.2) is 4.98 Å². The molecule has 5 heteroatoms. The summed E-state index contributed by atoms with van der Waals surface area (Å²) in [6, 6.07) is 10.7. The molecule has 0 unspecified atom stereocenters. The van der Waals surface area contributed by atoms with Crippen LogP contribution in [0.4, 0.5) is 5.69 Å². The van der Waals surface area contributed by atoms with Gasteiger partial charge in [0.05, 0.1) is 18.7 Å². The Morgan fingerprint density at radius 3 is 3.00 bits per heavy atom. The van der Waals surface area contributed by atoms with E-state index in [4.69, 9.17) is 10.00 Å². The van der Waals surface area contributed by atoms with E-state index in [1.54, 1.807) is 37.4 Å². The maximum absolute atomic E-state index is 11.3. The van der Waals surface area contributed by atoms with Gasteiger partial charge in [0, 0.05) is 17.1 Å². The Kier molecular flexibility index (Phi) is 3.39. The molecule has 1 amide bonds. The third-order valence-corrected chi connectivity index (χ3v) is 2.40. The van der Waals surface area contributed by atoms with Crippen LogP contribution in [-0.4, -0.2) is 18.0 Å². The molecule has 1 aromatic heterocycles. The van der Waals surface area contributed by atoms with Gasteiger partial charge in [-0.2, -0.15) is 5.26 Å².